The highest BCUT2D eigenvalue weighted by Gasteiger charge is 2.22. The van der Waals surface area contributed by atoms with Crippen LogP contribution in [0.5, 0.6) is 5.75 Å². The van der Waals surface area contributed by atoms with Crippen molar-refractivity contribution in [1.82, 2.24) is 19.8 Å². The average molecular weight is 390 g/mol. The first-order valence-corrected chi connectivity index (χ1v) is 10.1. The maximum Gasteiger partial charge on any atom is 0.415 e. The molecule has 0 N–H and O–H groups in total. The molecule has 3 aromatic rings. The van der Waals surface area contributed by atoms with Gasteiger partial charge in [0, 0.05) is 55.7 Å². The van der Waals surface area contributed by atoms with Crippen molar-refractivity contribution in [2.24, 2.45) is 0 Å². The van der Waals surface area contributed by atoms with Gasteiger partial charge < -0.3 is 9.64 Å². The standard InChI is InChI=1S/C23H26N4O2/c1-18-6-8-20(25-17-18)5-3-11-26-12-14-27(15-13-26)23(28)29-21-9-7-19-4-2-10-24-22(19)16-21/h2,4,6-10,16-17H,3,5,11-15H2,1H3. The molecule has 1 amide bonds. The second-order valence-electron chi connectivity index (χ2n) is 7.49. The molecule has 150 valence electrons. The number of carbonyl (C=O) groups is 1. The van der Waals surface area contributed by atoms with E-state index in [-0.39, 0.29) is 6.09 Å². The predicted molar refractivity (Wildman–Crippen MR) is 113 cm³/mol. The van der Waals surface area contributed by atoms with Crippen LogP contribution < -0.4 is 4.74 Å². The Labute approximate surface area is 171 Å². The van der Waals surface area contributed by atoms with Crippen molar-refractivity contribution in [3.8, 4) is 5.75 Å². The summed E-state index contributed by atoms with van der Waals surface area (Å²) < 4.78 is 5.57. The number of fused-ring (bicyclic) bond motifs is 1. The largest absolute Gasteiger partial charge is 0.415 e. The summed E-state index contributed by atoms with van der Waals surface area (Å²) in [6, 6.07) is 13.6. The van der Waals surface area contributed by atoms with Crippen molar-refractivity contribution < 1.29 is 9.53 Å². The van der Waals surface area contributed by atoms with E-state index in [1.807, 2.05) is 36.5 Å². The fraction of sp³-hybridized carbons (Fsp3) is 0.348. The van der Waals surface area contributed by atoms with E-state index in [0.717, 1.165) is 49.1 Å². The molecule has 0 spiro atoms. The second kappa shape index (κ2) is 9.01. The van der Waals surface area contributed by atoms with Crippen LogP contribution in [0.25, 0.3) is 10.9 Å². The lowest BCUT2D eigenvalue weighted by atomic mass is 10.2. The smallest absolute Gasteiger partial charge is 0.410 e. The SMILES string of the molecule is Cc1ccc(CCCN2CCN(C(=O)Oc3ccc4cccnc4c3)CC2)nc1. The molecular weight excluding hydrogens is 364 g/mol. The zero-order valence-electron chi connectivity index (χ0n) is 16.8. The van der Waals surface area contributed by atoms with E-state index in [4.69, 9.17) is 4.74 Å². The molecule has 1 aliphatic heterocycles. The number of pyridine rings is 2. The highest BCUT2D eigenvalue weighted by atomic mass is 16.6. The average Bonchev–Trinajstić information content (AvgIpc) is 2.75. The quantitative estimate of drug-likeness (QED) is 0.665. The van der Waals surface area contributed by atoms with Crippen molar-refractivity contribution in [1.29, 1.82) is 0 Å². The first kappa shape index (κ1) is 19.3. The van der Waals surface area contributed by atoms with Crippen LogP contribution in [0.15, 0.2) is 54.9 Å². The minimum Gasteiger partial charge on any atom is -0.410 e. The summed E-state index contributed by atoms with van der Waals surface area (Å²) in [4.78, 5) is 25.4. The third-order valence-electron chi connectivity index (χ3n) is 5.29. The Morgan fingerprint density at radius 2 is 1.93 bits per heavy atom. The fourth-order valence-corrected chi connectivity index (χ4v) is 3.56. The van der Waals surface area contributed by atoms with Crippen molar-refractivity contribution in [3.05, 3.63) is 66.1 Å². The Bertz CT molecular complexity index is 966. The lowest BCUT2D eigenvalue weighted by molar-refractivity contribution is 0.110. The summed E-state index contributed by atoms with van der Waals surface area (Å²) >= 11 is 0. The van der Waals surface area contributed by atoms with Gasteiger partial charge in [-0.2, -0.15) is 0 Å². The highest BCUT2D eigenvalue weighted by Crippen LogP contribution is 2.19. The number of ether oxygens (including phenoxy) is 1. The maximum absolute atomic E-state index is 12.5. The normalized spacial score (nSPS) is 14.9. The second-order valence-corrected chi connectivity index (χ2v) is 7.49. The molecule has 6 heteroatoms. The molecule has 6 nitrogen and oxygen atoms in total. The Balaban J connectivity index is 1.22. The van der Waals surface area contributed by atoms with Crippen LogP contribution >= 0.6 is 0 Å². The Morgan fingerprint density at radius 1 is 1.07 bits per heavy atom. The number of hydrogen-bond acceptors (Lipinski definition) is 5. The Morgan fingerprint density at radius 3 is 2.72 bits per heavy atom. The number of amides is 1. The van der Waals surface area contributed by atoms with E-state index < -0.39 is 0 Å². The van der Waals surface area contributed by atoms with Gasteiger partial charge in [0.15, 0.2) is 0 Å². The molecule has 0 unspecified atom stereocenters. The predicted octanol–water partition coefficient (Wildman–Crippen LogP) is 3.69. The van der Waals surface area contributed by atoms with Gasteiger partial charge in [0.2, 0.25) is 0 Å². The molecule has 2 aromatic heterocycles. The van der Waals surface area contributed by atoms with Crippen molar-refractivity contribution >= 4 is 17.0 Å². The van der Waals surface area contributed by atoms with Crippen LogP contribution in [0.1, 0.15) is 17.7 Å². The molecule has 1 aliphatic rings. The minimum atomic E-state index is -0.288. The van der Waals surface area contributed by atoms with E-state index in [0.29, 0.717) is 18.8 Å². The Hall–Kier alpha value is -2.99. The summed E-state index contributed by atoms with van der Waals surface area (Å²) in [5.41, 5.74) is 3.16. The molecule has 29 heavy (non-hydrogen) atoms. The molecule has 0 aliphatic carbocycles. The first-order valence-electron chi connectivity index (χ1n) is 10.1. The summed E-state index contributed by atoms with van der Waals surface area (Å²) in [6.45, 7) is 6.19. The molecular formula is C23H26N4O2. The number of hydrogen-bond donors (Lipinski definition) is 0. The van der Waals surface area contributed by atoms with Crippen LogP contribution in [0.4, 0.5) is 4.79 Å². The van der Waals surface area contributed by atoms with E-state index in [2.05, 4.69) is 33.9 Å². The van der Waals surface area contributed by atoms with Crippen LogP contribution in [-0.4, -0.2) is 58.6 Å². The van der Waals surface area contributed by atoms with E-state index in [1.54, 1.807) is 11.1 Å². The number of carbonyl (C=O) groups excluding carboxylic acids is 1. The topological polar surface area (TPSA) is 58.6 Å². The molecule has 0 atom stereocenters. The monoisotopic (exact) mass is 390 g/mol. The van der Waals surface area contributed by atoms with Crippen molar-refractivity contribution in [2.75, 3.05) is 32.7 Å². The lowest BCUT2D eigenvalue weighted by Crippen LogP contribution is -2.49. The van der Waals surface area contributed by atoms with Crippen molar-refractivity contribution in [3.63, 3.8) is 0 Å². The molecule has 0 saturated carbocycles. The van der Waals surface area contributed by atoms with Gasteiger partial charge in [-0.25, -0.2) is 4.79 Å². The van der Waals surface area contributed by atoms with Crippen LogP contribution in [0, 0.1) is 6.92 Å². The van der Waals surface area contributed by atoms with Gasteiger partial charge in [0.25, 0.3) is 0 Å². The molecule has 1 fully saturated rings. The summed E-state index contributed by atoms with van der Waals surface area (Å²) in [6.07, 6.45) is 5.43. The van der Waals surface area contributed by atoms with E-state index in [1.165, 1.54) is 5.56 Å². The van der Waals surface area contributed by atoms with Gasteiger partial charge in [-0.05, 0) is 56.1 Å². The van der Waals surface area contributed by atoms with Gasteiger partial charge >= 0.3 is 6.09 Å². The summed E-state index contributed by atoms with van der Waals surface area (Å²) in [7, 11) is 0. The number of aromatic nitrogens is 2. The first-order chi connectivity index (χ1) is 14.2. The number of piperazine rings is 1. The number of rotatable bonds is 5. The maximum atomic E-state index is 12.5. The van der Waals surface area contributed by atoms with Gasteiger partial charge in [0.1, 0.15) is 5.75 Å². The van der Waals surface area contributed by atoms with E-state index >= 15 is 0 Å². The minimum absolute atomic E-state index is 0.288. The van der Waals surface area contributed by atoms with Gasteiger partial charge in [0.05, 0.1) is 5.52 Å². The van der Waals surface area contributed by atoms with Crippen LogP contribution in [0.2, 0.25) is 0 Å². The molecule has 1 aromatic carbocycles. The number of benzene rings is 1. The van der Waals surface area contributed by atoms with Crippen LogP contribution in [0.3, 0.4) is 0 Å². The Kier molecular flexibility index (Phi) is 6.00. The zero-order chi connectivity index (χ0) is 20.1. The highest BCUT2D eigenvalue weighted by molar-refractivity contribution is 5.81. The third kappa shape index (κ3) is 5.09. The summed E-state index contributed by atoms with van der Waals surface area (Å²) in [5.74, 6) is 0.536. The molecule has 1 saturated heterocycles. The van der Waals surface area contributed by atoms with Gasteiger partial charge in [-0.3, -0.25) is 14.9 Å². The molecule has 0 radical (unpaired) electrons. The lowest BCUT2D eigenvalue weighted by Gasteiger charge is -2.34. The van der Waals surface area contributed by atoms with E-state index in [9.17, 15) is 4.79 Å². The van der Waals surface area contributed by atoms with Gasteiger partial charge in [-0.1, -0.05) is 12.1 Å². The number of nitrogens with zero attached hydrogens (tertiary/aromatic N) is 4. The fourth-order valence-electron chi connectivity index (χ4n) is 3.56. The molecule has 3 heterocycles. The third-order valence-corrected chi connectivity index (χ3v) is 5.29. The number of aryl methyl sites for hydroxylation is 2. The van der Waals surface area contributed by atoms with Crippen molar-refractivity contribution in [2.45, 2.75) is 19.8 Å². The van der Waals surface area contributed by atoms with Gasteiger partial charge in [-0.15, -0.1) is 0 Å². The molecule has 4 rings (SSSR count). The zero-order valence-corrected chi connectivity index (χ0v) is 16.8. The molecule has 0 bridgehead atoms. The summed E-state index contributed by atoms with van der Waals surface area (Å²) in [5, 5.41) is 1.03. The van der Waals surface area contributed by atoms with Crippen LogP contribution in [-0.2, 0) is 6.42 Å².